The Morgan fingerprint density at radius 3 is 2.00 bits per heavy atom. The lowest BCUT2D eigenvalue weighted by molar-refractivity contribution is -0.118. The summed E-state index contributed by atoms with van der Waals surface area (Å²) in [6.07, 6.45) is -0.202. The topological polar surface area (TPSA) is 77.2 Å². The van der Waals surface area contributed by atoms with Crippen molar-refractivity contribution in [3.05, 3.63) is 35.4 Å². The third-order valence-electron chi connectivity index (χ3n) is 2.50. The van der Waals surface area contributed by atoms with Crippen molar-refractivity contribution in [2.45, 2.75) is 6.42 Å². The van der Waals surface area contributed by atoms with Gasteiger partial charge < -0.3 is 5.73 Å². The molecule has 4 heteroatoms. The van der Waals surface area contributed by atoms with Gasteiger partial charge in [-0.1, -0.05) is 24.3 Å². The maximum atomic E-state index is 11.7. The van der Waals surface area contributed by atoms with Crippen molar-refractivity contribution in [2.75, 3.05) is 0 Å². The molecule has 0 atom stereocenters. The Morgan fingerprint density at radius 2 is 1.60 bits per heavy atom. The number of hydrogen-bond acceptors (Lipinski definition) is 3. The minimum absolute atomic E-state index is 0.202. The molecule has 0 aromatic heterocycles. The van der Waals surface area contributed by atoms with E-state index in [0.717, 1.165) is 0 Å². The summed E-state index contributed by atoms with van der Waals surface area (Å²) in [5.74, 6) is -2.13. The van der Waals surface area contributed by atoms with E-state index in [0.29, 0.717) is 11.1 Å². The molecule has 2 rings (SSSR count). The fraction of sp³-hybridized carbons (Fsp3) is 0.182. The van der Waals surface area contributed by atoms with E-state index in [2.05, 4.69) is 0 Å². The van der Waals surface area contributed by atoms with Crippen LogP contribution in [0.2, 0.25) is 0 Å². The van der Waals surface area contributed by atoms with Crippen molar-refractivity contribution in [3.63, 3.8) is 0 Å². The summed E-state index contributed by atoms with van der Waals surface area (Å²) in [5, 5.41) is 0. The van der Waals surface area contributed by atoms with Gasteiger partial charge in [0, 0.05) is 17.5 Å². The first-order chi connectivity index (χ1) is 7.11. The van der Waals surface area contributed by atoms with Gasteiger partial charge in [0.2, 0.25) is 5.91 Å². The molecule has 2 N–H and O–H groups in total. The van der Waals surface area contributed by atoms with Gasteiger partial charge in [0.15, 0.2) is 11.6 Å². The lowest BCUT2D eigenvalue weighted by Gasteiger charge is -2.01. The molecule has 1 aromatic carbocycles. The lowest BCUT2D eigenvalue weighted by Crippen LogP contribution is -2.23. The Hall–Kier alpha value is -1.97. The van der Waals surface area contributed by atoms with Crippen molar-refractivity contribution < 1.29 is 14.4 Å². The minimum Gasteiger partial charge on any atom is -0.370 e. The highest BCUT2D eigenvalue weighted by Gasteiger charge is 2.38. The van der Waals surface area contributed by atoms with Crippen LogP contribution in [0, 0.1) is 5.92 Å². The molecule has 1 aliphatic rings. The molecule has 0 saturated heterocycles. The molecule has 1 aromatic rings. The van der Waals surface area contributed by atoms with Gasteiger partial charge in [-0.05, 0) is 0 Å². The summed E-state index contributed by atoms with van der Waals surface area (Å²) in [5.41, 5.74) is 5.78. The second-order valence-electron chi connectivity index (χ2n) is 3.50. The Balaban J connectivity index is 2.41. The van der Waals surface area contributed by atoms with E-state index in [9.17, 15) is 14.4 Å². The van der Waals surface area contributed by atoms with Gasteiger partial charge >= 0.3 is 0 Å². The molecular formula is C11H9NO3. The summed E-state index contributed by atoms with van der Waals surface area (Å²) < 4.78 is 0. The number of nitrogens with two attached hydrogens (primary N) is 1. The maximum Gasteiger partial charge on any atom is 0.218 e. The Labute approximate surface area is 86.1 Å². The zero-order valence-corrected chi connectivity index (χ0v) is 7.90. The van der Waals surface area contributed by atoms with E-state index < -0.39 is 11.8 Å². The van der Waals surface area contributed by atoms with E-state index in [1.807, 2.05) is 0 Å². The molecule has 0 radical (unpaired) electrons. The highest BCUT2D eigenvalue weighted by atomic mass is 16.2. The van der Waals surface area contributed by atoms with Gasteiger partial charge in [-0.3, -0.25) is 14.4 Å². The molecule has 0 heterocycles. The quantitative estimate of drug-likeness (QED) is 0.713. The average Bonchev–Trinajstić information content (AvgIpc) is 2.44. The SMILES string of the molecule is NC(=O)CC1C(=O)c2ccccc2C1=O. The van der Waals surface area contributed by atoms with Crippen LogP contribution in [0.5, 0.6) is 0 Å². The molecule has 1 amide bonds. The van der Waals surface area contributed by atoms with Gasteiger partial charge in [-0.25, -0.2) is 0 Å². The Morgan fingerprint density at radius 1 is 1.13 bits per heavy atom. The van der Waals surface area contributed by atoms with Crippen LogP contribution in [0.1, 0.15) is 27.1 Å². The number of benzene rings is 1. The van der Waals surface area contributed by atoms with Crippen molar-refractivity contribution in [1.82, 2.24) is 0 Å². The largest absolute Gasteiger partial charge is 0.370 e. The van der Waals surface area contributed by atoms with E-state index in [1.165, 1.54) is 0 Å². The predicted octanol–water partition coefficient (Wildman–Crippen LogP) is 0.557. The van der Waals surface area contributed by atoms with Crippen molar-refractivity contribution in [2.24, 2.45) is 11.7 Å². The van der Waals surface area contributed by atoms with Crippen LogP contribution in [0.4, 0.5) is 0 Å². The van der Waals surface area contributed by atoms with Crippen LogP contribution in [0.15, 0.2) is 24.3 Å². The summed E-state index contributed by atoms with van der Waals surface area (Å²) in [6.45, 7) is 0. The number of hydrogen-bond donors (Lipinski definition) is 1. The maximum absolute atomic E-state index is 11.7. The second-order valence-corrected chi connectivity index (χ2v) is 3.50. The third-order valence-corrected chi connectivity index (χ3v) is 2.50. The van der Waals surface area contributed by atoms with E-state index in [4.69, 9.17) is 5.73 Å². The summed E-state index contributed by atoms with van der Waals surface area (Å²) in [4.78, 5) is 34.1. The van der Waals surface area contributed by atoms with E-state index in [-0.39, 0.29) is 18.0 Å². The lowest BCUT2D eigenvalue weighted by atomic mass is 10.00. The molecule has 4 nitrogen and oxygen atoms in total. The Bertz CT molecular complexity index is 430. The fourth-order valence-corrected chi connectivity index (χ4v) is 1.79. The van der Waals surface area contributed by atoms with Gasteiger partial charge in [0.1, 0.15) is 0 Å². The zero-order valence-electron chi connectivity index (χ0n) is 7.90. The van der Waals surface area contributed by atoms with Crippen molar-refractivity contribution in [3.8, 4) is 0 Å². The molecule has 1 aliphatic carbocycles. The molecule has 0 aliphatic heterocycles. The summed E-state index contributed by atoms with van der Waals surface area (Å²) >= 11 is 0. The molecule has 0 bridgehead atoms. The first-order valence-corrected chi connectivity index (χ1v) is 4.57. The predicted molar refractivity (Wildman–Crippen MR) is 52.4 cm³/mol. The smallest absolute Gasteiger partial charge is 0.218 e. The summed E-state index contributed by atoms with van der Waals surface area (Å²) in [6, 6.07) is 6.57. The van der Waals surface area contributed by atoms with Crippen molar-refractivity contribution in [1.29, 1.82) is 0 Å². The number of primary amides is 1. The van der Waals surface area contributed by atoms with E-state index in [1.54, 1.807) is 24.3 Å². The standard InChI is InChI=1S/C11H9NO3/c12-9(13)5-8-10(14)6-3-1-2-4-7(6)11(8)15/h1-4,8H,5H2,(H2,12,13). The number of ketones is 2. The molecule has 15 heavy (non-hydrogen) atoms. The number of carbonyl (C=O) groups is 3. The first kappa shape index (κ1) is 9.58. The van der Waals surface area contributed by atoms with Crippen LogP contribution in [0.25, 0.3) is 0 Å². The van der Waals surface area contributed by atoms with Crippen molar-refractivity contribution >= 4 is 17.5 Å². The van der Waals surface area contributed by atoms with Gasteiger partial charge in [0.05, 0.1) is 5.92 Å². The summed E-state index contributed by atoms with van der Waals surface area (Å²) in [7, 11) is 0. The zero-order chi connectivity index (χ0) is 11.0. The van der Waals surface area contributed by atoms with E-state index >= 15 is 0 Å². The van der Waals surface area contributed by atoms with Gasteiger partial charge in [0.25, 0.3) is 0 Å². The number of fused-ring (bicyclic) bond motifs is 1. The van der Waals surface area contributed by atoms with Crippen LogP contribution >= 0.6 is 0 Å². The molecular weight excluding hydrogens is 194 g/mol. The fourth-order valence-electron chi connectivity index (χ4n) is 1.79. The first-order valence-electron chi connectivity index (χ1n) is 4.57. The second kappa shape index (κ2) is 3.31. The molecule has 0 spiro atoms. The number of rotatable bonds is 2. The molecule has 0 fully saturated rings. The highest BCUT2D eigenvalue weighted by molar-refractivity contribution is 6.27. The van der Waals surface area contributed by atoms with Gasteiger partial charge in [-0.2, -0.15) is 0 Å². The molecule has 0 saturated carbocycles. The van der Waals surface area contributed by atoms with Crippen LogP contribution < -0.4 is 5.73 Å². The normalized spacial score (nSPS) is 15.5. The monoisotopic (exact) mass is 203 g/mol. The molecule has 0 unspecified atom stereocenters. The highest BCUT2D eigenvalue weighted by Crippen LogP contribution is 2.28. The van der Waals surface area contributed by atoms with Gasteiger partial charge in [-0.15, -0.1) is 0 Å². The van der Waals surface area contributed by atoms with Crippen LogP contribution in [0.3, 0.4) is 0 Å². The molecule has 76 valence electrons. The Kier molecular flexibility index (Phi) is 2.11. The number of amides is 1. The van der Waals surface area contributed by atoms with Crippen LogP contribution in [-0.4, -0.2) is 17.5 Å². The number of carbonyl (C=O) groups excluding carboxylic acids is 3. The minimum atomic E-state index is -0.903. The third kappa shape index (κ3) is 1.44. The van der Waals surface area contributed by atoms with Crippen LogP contribution in [-0.2, 0) is 4.79 Å². The average molecular weight is 203 g/mol. The number of Topliss-reactive ketones (excluding diaryl/α,β-unsaturated/α-hetero) is 2.